The summed E-state index contributed by atoms with van der Waals surface area (Å²) in [5.41, 5.74) is 0. The van der Waals surface area contributed by atoms with Gasteiger partial charge in [0.1, 0.15) is 0 Å². The lowest BCUT2D eigenvalue weighted by Gasteiger charge is -2.08. The third kappa shape index (κ3) is 5.88. The van der Waals surface area contributed by atoms with Gasteiger partial charge in [0.2, 0.25) is 0 Å². The van der Waals surface area contributed by atoms with Gasteiger partial charge in [-0.2, -0.15) is 5.06 Å². The van der Waals surface area contributed by atoms with E-state index in [1.54, 1.807) is 6.92 Å². The van der Waals surface area contributed by atoms with E-state index in [-0.39, 0.29) is 0 Å². The molecule has 2 N–H and O–H groups in total. The first kappa shape index (κ1) is 6.88. The third-order valence-corrected chi connectivity index (χ3v) is 0.528. The fraction of sp³-hybridized carbons (Fsp3) is 1.00. The Balaban J connectivity index is 2.95. The number of hydrogen-bond acceptors (Lipinski definition) is 3. The number of hydroxylamine groups is 2. The van der Waals surface area contributed by atoms with Crippen LogP contribution in [0.4, 0.5) is 0 Å². The van der Waals surface area contributed by atoms with Gasteiger partial charge < -0.3 is 10.3 Å². The summed E-state index contributed by atoms with van der Waals surface area (Å²) in [6.45, 7) is 1.92. The lowest BCUT2D eigenvalue weighted by atomic mass is 10.4. The molecule has 1 unspecified atom stereocenters. The number of aliphatic hydroxyl groups excluding tert-OH is 1. The van der Waals surface area contributed by atoms with Crippen LogP contribution in [0.15, 0.2) is 0 Å². The van der Waals surface area contributed by atoms with Crippen molar-refractivity contribution in [1.29, 1.82) is 0 Å². The molecule has 0 fully saturated rings. The lowest BCUT2D eigenvalue weighted by molar-refractivity contribution is -0.0868. The van der Waals surface area contributed by atoms with Crippen molar-refractivity contribution in [2.24, 2.45) is 0 Å². The van der Waals surface area contributed by atoms with E-state index in [4.69, 9.17) is 10.3 Å². The zero-order chi connectivity index (χ0) is 5.86. The minimum absolute atomic E-state index is 0.306. The van der Waals surface area contributed by atoms with E-state index in [1.807, 2.05) is 0 Å². The molecule has 0 radical (unpaired) electrons. The van der Waals surface area contributed by atoms with Gasteiger partial charge in [0.15, 0.2) is 0 Å². The fourth-order valence-corrected chi connectivity index (χ4v) is 0.382. The minimum Gasteiger partial charge on any atom is -0.392 e. The normalized spacial score (nSPS) is 15.0. The van der Waals surface area contributed by atoms with E-state index in [2.05, 4.69) is 0 Å². The Bertz CT molecular complexity index is 39.0. The summed E-state index contributed by atoms with van der Waals surface area (Å²) in [5.74, 6) is 0. The molecule has 0 rings (SSSR count). The maximum atomic E-state index is 8.52. The third-order valence-electron chi connectivity index (χ3n) is 0.528. The number of hydrogen-bond donors (Lipinski definition) is 2. The van der Waals surface area contributed by atoms with E-state index in [0.717, 1.165) is 5.06 Å². The zero-order valence-electron chi connectivity index (χ0n) is 4.63. The molecule has 0 aromatic rings. The molecule has 0 heterocycles. The molecule has 7 heavy (non-hydrogen) atoms. The van der Waals surface area contributed by atoms with E-state index in [9.17, 15) is 0 Å². The second-order valence-electron chi connectivity index (χ2n) is 1.69. The van der Waals surface area contributed by atoms with Crippen LogP contribution in [0.3, 0.4) is 0 Å². The highest BCUT2D eigenvalue weighted by molar-refractivity contribution is 4.44. The Labute approximate surface area is 43.1 Å². The highest BCUT2D eigenvalue weighted by atomic mass is 16.5. The van der Waals surface area contributed by atoms with Crippen molar-refractivity contribution in [3.05, 3.63) is 0 Å². The van der Waals surface area contributed by atoms with Crippen LogP contribution in [-0.2, 0) is 0 Å². The van der Waals surface area contributed by atoms with Crippen molar-refractivity contribution < 1.29 is 10.3 Å². The number of nitrogens with zero attached hydrogens (tertiary/aromatic N) is 1. The lowest BCUT2D eigenvalue weighted by Crippen LogP contribution is -2.23. The Morgan fingerprint density at radius 1 is 1.71 bits per heavy atom. The maximum absolute atomic E-state index is 8.52. The van der Waals surface area contributed by atoms with Crippen LogP contribution >= 0.6 is 0 Å². The molecular weight excluding hydrogens is 94.0 g/mol. The molecule has 0 saturated heterocycles. The van der Waals surface area contributed by atoms with Gasteiger partial charge in [0.05, 0.1) is 6.10 Å². The van der Waals surface area contributed by atoms with Gasteiger partial charge in [-0.3, -0.25) is 0 Å². The summed E-state index contributed by atoms with van der Waals surface area (Å²) in [5, 5.41) is 17.9. The van der Waals surface area contributed by atoms with Crippen LogP contribution in [0.2, 0.25) is 0 Å². The summed E-state index contributed by atoms with van der Waals surface area (Å²) in [6, 6.07) is 0. The van der Waals surface area contributed by atoms with Gasteiger partial charge in [-0.05, 0) is 6.92 Å². The van der Waals surface area contributed by atoms with Crippen molar-refractivity contribution in [2.75, 3.05) is 13.6 Å². The van der Waals surface area contributed by atoms with Crippen molar-refractivity contribution >= 4 is 0 Å². The van der Waals surface area contributed by atoms with E-state index >= 15 is 0 Å². The monoisotopic (exact) mass is 105 g/mol. The SMILES string of the molecule is CC(O)CN(C)O. The van der Waals surface area contributed by atoms with Crippen LogP contribution in [0.1, 0.15) is 6.92 Å². The Morgan fingerprint density at radius 3 is 2.14 bits per heavy atom. The summed E-state index contributed by atoms with van der Waals surface area (Å²) in [7, 11) is 1.49. The molecule has 44 valence electrons. The summed E-state index contributed by atoms with van der Waals surface area (Å²) >= 11 is 0. The second kappa shape index (κ2) is 2.96. The van der Waals surface area contributed by atoms with Crippen molar-refractivity contribution in [3.8, 4) is 0 Å². The highest BCUT2D eigenvalue weighted by Gasteiger charge is 1.95. The summed E-state index contributed by atoms with van der Waals surface area (Å²) in [6.07, 6.45) is -0.449. The molecule has 1 atom stereocenters. The van der Waals surface area contributed by atoms with Crippen LogP contribution in [0.5, 0.6) is 0 Å². The fourth-order valence-electron chi connectivity index (χ4n) is 0.382. The summed E-state index contributed by atoms with van der Waals surface area (Å²) < 4.78 is 0. The van der Waals surface area contributed by atoms with Crippen LogP contribution in [0, 0.1) is 0 Å². The molecule has 0 aliphatic rings. The number of rotatable bonds is 2. The quantitative estimate of drug-likeness (QED) is 0.473. The molecule has 0 aliphatic heterocycles. The van der Waals surface area contributed by atoms with Gasteiger partial charge >= 0.3 is 0 Å². The highest BCUT2D eigenvalue weighted by Crippen LogP contribution is 1.79. The summed E-state index contributed by atoms with van der Waals surface area (Å²) in [4.78, 5) is 0. The van der Waals surface area contributed by atoms with Gasteiger partial charge in [-0.25, -0.2) is 0 Å². The topological polar surface area (TPSA) is 43.7 Å². The Kier molecular flexibility index (Phi) is 2.91. The van der Waals surface area contributed by atoms with Gasteiger partial charge in [0, 0.05) is 13.6 Å². The predicted octanol–water partition coefficient (Wildman–Crippen LogP) is -0.312. The maximum Gasteiger partial charge on any atom is 0.0662 e. The second-order valence-corrected chi connectivity index (χ2v) is 1.69. The van der Waals surface area contributed by atoms with Crippen molar-refractivity contribution in [2.45, 2.75) is 13.0 Å². The van der Waals surface area contributed by atoms with Crippen LogP contribution in [0.25, 0.3) is 0 Å². The van der Waals surface area contributed by atoms with Gasteiger partial charge in [0.25, 0.3) is 0 Å². The van der Waals surface area contributed by atoms with Crippen molar-refractivity contribution in [3.63, 3.8) is 0 Å². The van der Waals surface area contributed by atoms with Crippen LogP contribution < -0.4 is 0 Å². The average molecular weight is 105 g/mol. The number of likely N-dealkylation sites (N-methyl/N-ethyl adjacent to an activating group) is 1. The first-order chi connectivity index (χ1) is 3.13. The Hall–Kier alpha value is -0.120. The molecular formula is C4H11NO2. The van der Waals surface area contributed by atoms with Crippen molar-refractivity contribution in [1.82, 2.24) is 5.06 Å². The largest absolute Gasteiger partial charge is 0.392 e. The predicted molar refractivity (Wildman–Crippen MR) is 26.1 cm³/mol. The number of aliphatic hydroxyl groups is 1. The average Bonchev–Trinajstić information content (AvgIpc) is 1.27. The van der Waals surface area contributed by atoms with E-state index < -0.39 is 6.10 Å². The zero-order valence-corrected chi connectivity index (χ0v) is 4.63. The first-order valence-electron chi connectivity index (χ1n) is 2.21. The smallest absolute Gasteiger partial charge is 0.0662 e. The van der Waals surface area contributed by atoms with Gasteiger partial charge in [-0.1, -0.05) is 0 Å². The Morgan fingerprint density at radius 2 is 2.14 bits per heavy atom. The standard InChI is InChI=1S/C4H11NO2/c1-4(6)3-5(2)7/h4,6-7H,3H2,1-2H3. The molecule has 3 nitrogen and oxygen atoms in total. The van der Waals surface area contributed by atoms with Crippen LogP contribution in [-0.4, -0.2) is 35.1 Å². The molecule has 0 aromatic heterocycles. The van der Waals surface area contributed by atoms with Gasteiger partial charge in [-0.15, -0.1) is 0 Å². The molecule has 0 bridgehead atoms. The molecule has 0 amide bonds. The molecule has 0 spiro atoms. The molecule has 3 heteroatoms. The first-order valence-corrected chi connectivity index (χ1v) is 2.21. The molecule has 0 aromatic carbocycles. The minimum atomic E-state index is -0.449. The van der Waals surface area contributed by atoms with E-state index in [1.165, 1.54) is 7.05 Å². The molecule has 0 saturated carbocycles. The molecule has 0 aliphatic carbocycles. The van der Waals surface area contributed by atoms with E-state index in [0.29, 0.717) is 6.54 Å².